The lowest BCUT2D eigenvalue weighted by Gasteiger charge is -2.21. The van der Waals surface area contributed by atoms with Crippen molar-refractivity contribution >= 4 is 41.4 Å². The highest BCUT2D eigenvalue weighted by atomic mass is 32.2. The molecule has 12 heteroatoms. The fourth-order valence-corrected chi connectivity index (χ4v) is 4.32. The van der Waals surface area contributed by atoms with Crippen molar-refractivity contribution in [3.05, 3.63) is 48.2 Å². The smallest absolute Gasteiger partial charge is 0.285 e. The number of primary amides is 1. The van der Waals surface area contributed by atoms with Gasteiger partial charge in [0.2, 0.25) is 12.2 Å². The summed E-state index contributed by atoms with van der Waals surface area (Å²) in [5.41, 5.74) is 12.0. The molecule has 1 unspecified atom stereocenters. The highest BCUT2D eigenvalue weighted by Crippen LogP contribution is 2.33. The SMILES string of the molecule is CCCSc1cc(N2CCC(OC)C2)ncc1N(C)C=O.NC(=O)/C(N)=N/N(N)Cc1ccccc1. The predicted octanol–water partition coefficient (Wildman–Crippen LogP) is 1.52. The first-order chi connectivity index (χ1) is 17.3. The first-order valence-corrected chi connectivity index (χ1v) is 12.6. The van der Waals surface area contributed by atoms with Crippen molar-refractivity contribution < 1.29 is 14.3 Å². The van der Waals surface area contributed by atoms with Crippen LogP contribution in [0, 0.1) is 0 Å². The first-order valence-electron chi connectivity index (χ1n) is 11.6. The molecule has 1 aliphatic rings. The number of benzene rings is 1. The number of amidine groups is 1. The summed E-state index contributed by atoms with van der Waals surface area (Å²) in [5.74, 6) is 6.40. The maximum absolute atomic E-state index is 11.0. The highest BCUT2D eigenvalue weighted by molar-refractivity contribution is 7.99. The number of carbonyl (C=O) groups is 2. The Bertz CT molecular complexity index is 1010. The lowest BCUT2D eigenvalue weighted by atomic mass is 10.2. The molecule has 2 aromatic rings. The summed E-state index contributed by atoms with van der Waals surface area (Å²) in [7, 11) is 3.52. The van der Waals surface area contributed by atoms with Crippen molar-refractivity contribution in [2.24, 2.45) is 22.4 Å². The summed E-state index contributed by atoms with van der Waals surface area (Å²) in [6, 6.07) is 11.5. The number of methoxy groups -OCH3 is 1. The van der Waals surface area contributed by atoms with Crippen LogP contribution in [-0.2, 0) is 20.9 Å². The van der Waals surface area contributed by atoms with E-state index in [9.17, 15) is 9.59 Å². The Balaban J connectivity index is 0.000000269. The molecule has 1 aromatic heterocycles. The number of aromatic nitrogens is 1. The number of rotatable bonds is 10. The van der Waals surface area contributed by atoms with Crippen LogP contribution in [0.3, 0.4) is 0 Å². The molecule has 1 aliphatic heterocycles. The molecular formula is C24H36N8O3S. The van der Waals surface area contributed by atoms with E-state index in [-0.39, 0.29) is 11.9 Å². The molecule has 0 radical (unpaired) electrons. The Labute approximate surface area is 216 Å². The van der Waals surface area contributed by atoms with Gasteiger partial charge in [-0.2, -0.15) is 0 Å². The fourth-order valence-electron chi connectivity index (χ4n) is 3.36. The zero-order chi connectivity index (χ0) is 26.5. The van der Waals surface area contributed by atoms with Crippen LogP contribution in [0.15, 0.2) is 52.6 Å². The number of nitrogens with two attached hydrogens (primary N) is 3. The molecule has 36 heavy (non-hydrogen) atoms. The largest absolute Gasteiger partial charge is 0.380 e. The topological polar surface area (TPSA) is 156 Å². The summed E-state index contributed by atoms with van der Waals surface area (Å²) in [6.45, 7) is 4.35. The van der Waals surface area contributed by atoms with E-state index >= 15 is 0 Å². The predicted molar refractivity (Wildman–Crippen MR) is 144 cm³/mol. The average Bonchev–Trinajstić information content (AvgIpc) is 3.37. The van der Waals surface area contributed by atoms with Gasteiger partial charge in [-0.25, -0.2) is 15.9 Å². The molecule has 6 N–H and O–H groups in total. The molecule has 1 saturated heterocycles. The van der Waals surface area contributed by atoms with Gasteiger partial charge in [0, 0.05) is 32.1 Å². The molecule has 2 heterocycles. The Morgan fingerprint density at radius 2 is 2.06 bits per heavy atom. The summed E-state index contributed by atoms with van der Waals surface area (Å²) >= 11 is 1.77. The van der Waals surface area contributed by atoms with E-state index < -0.39 is 5.91 Å². The molecule has 1 aromatic carbocycles. The van der Waals surface area contributed by atoms with Gasteiger partial charge in [-0.3, -0.25) is 9.59 Å². The molecule has 0 spiro atoms. The third-order valence-electron chi connectivity index (χ3n) is 5.31. The molecule has 196 valence electrons. The van der Waals surface area contributed by atoms with Crippen molar-refractivity contribution in [2.75, 3.05) is 42.8 Å². The molecule has 0 saturated carbocycles. The minimum atomic E-state index is -0.793. The molecule has 2 amide bonds. The number of pyridine rings is 1. The number of amides is 2. The molecule has 3 rings (SSSR count). The van der Waals surface area contributed by atoms with Crippen LogP contribution in [0.2, 0.25) is 0 Å². The zero-order valence-corrected chi connectivity index (χ0v) is 21.9. The molecule has 11 nitrogen and oxygen atoms in total. The monoisotopic (exact) mass is 516 g/mol. The summed E-state index contributed by atoms with van der Waals surface area (Å²) in [6.07, 6.45) is 5.04. The van der Waals surface area contributed by atoms with Crippen molar-refractivity contribution in [3.8, 4) is 0 Å². The Hall–Kier alpha value is -3.35. The molecule has 0 bridgehead atoms. The van der Waals surface area contributed by atoms with Gasteiger partial charge in [0.1, 0.15) is 5.82 Å². The third kappa shape index (κ3) is 9.02. The van der Waals surface area contributed by atoms with Crippen LogP contribution in [-0.4, -0.2) is 67.4 Å². The third-order valence-corrected chi connectivity index (χ3v) is 6.56. The lowest BCUT2D eigenvalue weighted by Crippen LogP contribution is -2.36. The number of ether oxygens (including phenoxy) is 1. The van der Waals surface area contributed by atoms with E-state index in [0.717, 1.165) is 65.2 Å². The van der Waals surface area contributed by atoms with Crippen LogP contribution < -0.4 is 27.1 Å². The van der Waals surface area contributed by atoms with Crippen molar-refractivity contribution in [2.45, 2.75) is 37.3 Å². The summed E-state index contributed by atoms with van der Waals surface area (Å²) in [5, 5.41) is 4.67. The van der Waals surface area contributed by atoms with Crippen LogP contribution in [0.1, 0.15) is 25.3 Å². The van der Waals surface area contributed by atoms with Gasteiger partial charge in [0.15, 0.2) is 0 Å². The van der Waals surface area contributed by atoms with E-state index in [0.29, 0.717) is 6.54 Å². The minimum Gasteiger partial charge on any atom is -0.380 e. The number of nitrogens with zero attached hydrogens (tertiary/aromatic N) is 5. The quantitative estimate of drug-likeness (QED) is 0.106. The van der Waals surface area contributed by atoms with E-state index in [4.69, 9.17) is 22.0 Å². The number of hydrogen-bond donors (Lipinski definition) is 3. The van der Waals surface area contributed by atoms with E-state index in [1.807, 2.05) is 30.3 Å². The maximum Gasteiger partial charge on any atom is 0.285 e. The van der Waals surface area contributed by atoms with Crippen molar-refractivity contribution in [1.82, 2.24) is 10.1 Å². The van der Waals surface area contributed by atoms with Crippen LogP contribution in [0.4, 0.5) is 11.5 Å². The maximum atomic E-state index is 11.0. The lowest BCUT2D eigenvalue weighted by molar-refractivity contribution is -0.112. The van der Waals surface area contributed by atoms with Crippen LogP contribution in [0.5, 0.6) is 0 Å². The van der Waals surface area contributed by atoms with Crippen LogP contribution >= 0.6 is 11.8 Å². The van der Waals surface area contributed by atoms with E-state index in [1.165, 1.54) is 0 Å². The van der Waals surface area contributed by atoms with Gasteiger partial charge < -0.3 is 26.0 Å². The van der Waals surface area contributed by atoms with Gasteiger partial charge in [-0.15, -0.1) is 16.9 Å². The molecule has 1 fully saturated rings. The van der Waals surface area contributed by atoms with E-state index in [1.54, 1.807) is 37.0 Å². The second kappa shape index (κ2) is 14.9. The Morgan fingerprint density at radius 1 is 1.33 bits per heavy atom. The van der Waals surface area contributed by atoms with Gasteiger partial charge >= 0.3 is 0 Å². The normalized spacial score (nSPS) is 15.2. The Kier molecular flexibility index (Phi) is 12.0. The second-order valence-electron chi connectivity index (χ2n) is 8.10. The van der Waals surface area contributed by atoms with Gasteiger partial charge in [0.05, 0.1) is 24.5 Å². The highest BCUT2D eigenvalue weighted by Gasteiger charge is 2.24. The van der Waals surface area contributed by atoms with Crippen molar-refractivity contribution in [1.29, 1.82) is 0 Å². The number of carbonyl (C=O) groups excluding carboxylic acids is 2. The first kappa shape index (κ1) is 28.9. The molecule has 1 atom stereocenters. The summed E-state index contributed by atoms with van der Waals surface area (Å²) < 4.78 is 5.41. The van der Waals surface area contributed by atoms with Gasteiger partial charge in [-0.05, 0) is 30.2 Å². The Morgan fingerprint density at radius 3 is 2.64 bits per heavy atom. The standard InChI is InChI=1S/C15H23N3O2S.C9H13N5O/c1-4-7-21-14-8-15(16-9-13(14)17(2)11-19)18-6-5-12(10-18)20-3;10-8(9(11)15)13-14(12)6-7-4-2-1-3-5-7/h8-9,11-12H,4-7,10H2,1-3H3;1-5H,6,12H2,(H2,10,13)(H2,11,15). The number of hydrogen-bond acceptors (Lipinski definition) is 9. The molecule has 0 aliphatic carbocycles. The minimum absolute atomic E-state index is 0.288. The summed E-state index contributed by atoms with van der Waals surface area (Å²) in [4.78, 5) is 31.0. The van der Waals surface area contributed by atoms with E-state index in [2.05, 4.69) is 28.0 Å². The van der Waals surface area contributed by atoms with Gasteiger partial charge in [0.25, 0.3) is 5.91 Å². The second-order valence-corrected chi connectivity index (χ2v) is 9.24. The van der Waals surface area contributed by atoms with Crippen molar-refractivity contribution in [3.63, 3.8) is 0 Å². The zero-order valence-electron chi connectivity index (χ0n) is 21.0. The fraction of sp³-hybridized carbons (Fsp3) is 0.417. The number of hydrazone groups is 1. The molecular weight excluding hydrogens is 480 g/mol. The van der Waals surface area contributed by atoms with Crippen LogP contribution in [0.25, 0.3) is 0 Å². The number of hydrazine groups is 1. The number of thioether (sulfide) groups is 1. The average molecular weight is 517 g/mol. The number of anilines is 2. The van der Waals surface area contributed by atoms with Gasteiger partial charge in [-0.1, -0.05) is 37.3 Å².